The summed E-state index contributed by atoms with van der Waals surface area (Å²) in [4.78, 5) is 2.34. The first-order chi connectivity index (χ1) is 11.7. The van der Waals surface area contributed by atoms with Crippen LogP contribution in [0.3, 0.4) is 0 Å². The summed E-state index contributed by atoms with van der Waals surface area (Å²) >= 11 is 0. The topological polar surface area (TPSA) is 52.0 Å². The van der Waals surface area contributed by atoms with Gasteiger partial charge in [-0.1, -0.05) is 70.1 Å². The van der Waals surface area contributed by atoms with Gasteiger partial charge in [-0.3, -0.25) is 0 Å². The molecule has 0 aliphatic rings. The number of hydrogen-bond acceptors (Lipinski definition) is 4. The minimum absolute atomic E-state index is 0.786. The highest BCUT2D eigenvalue weighted by atomic mass is 33.1. The fourth-order valence-corrected chi connectivity index (χ4v) is 5.29. The number of rotatable bonds is 3. The molecule has 0 amide bonds. The van der Waals surface area contributed by atoms with E-state index in [4.69, 9.17) is 11.5 Å². The molecule has 4 N–H and O–H groups in total. The van der Waals surface area contributed by atoms with Gasteiger partial charge in [0.25, 0.3) is 0 Å². The van der Waals surface area contributed by atoms with Crippen molar-refractivity contribution in [2.24, 2.45) is 0 Å². The van der Waals surface area contributed by atoms with Crippen LogP contribution >= 0.6 is 21.6 Å². The van der Waals surface area contributed by atoms with Crippen LogP contribution in [-0.4, -0.2) is 0 Å². The van der Waals surface area contributed by atoms with Crippen LogP contribution in [-0.2, 0) is 0 Å². The summed E-state index contributed by atoms with van der Waals surface area (Å²) < 4.78 is 0. The molecular formula is C20H16N2S2. The molecule has 4 aromatic carbocycles. The standard InChI is InChI=1S/C20H16N2S2/c21-15-9-13-5-1-3-7-17(13)19(11-15)23-24-20-12-16(22)10-14-6-2-4-8-18(14)20/h1-12H,21-22H2. The summed E-state index contributed by atoms with van der Waals surface area (Å²) in [5.74, 6) is 0. The number of nitrogens with two attached hydrogens (primary N) is 2. The SMILES string of the molecule is Nc1cc(SSc2cc(N)cc3ccccc23)c2ccccc2c1. The maximum Gasteiger partial charge on any atom is 0.0331 e. The van der Waals surface area contributed by atoms with Gasteiger partial charge in [0.05, 0.1) is 0 Å². The van der Waals surface area contributed by atoms with Crippen LogP contribution in [0.4, 0.5) is 11.4 Å². The fourth-order valence-electron chi connectivity index (χ4n) is 2.82. The number of anilines is 2. The third kappa shape index (κ3) is 2.90. The van der Waals surface area contributed by atoms with E-state index < -0.39 is 0 Å². The van der Waals surface area contributed by atoms with Gasteiger partial charge in [-0.25, -0.2) is 0 Å². The zero-order valence-corrected chi connectivity index (χ0v) is 14.5. The molecule has 0 aliphatic heterocycles. The van der Waals surface area contributed by atoms with Crippen molar-refractivity contribution in [3.63, 3.8) is 0 Å². The average molecular weight is 348 g/mol. The van der Waals surface area contributed by atoms with Crippen molar-refractivity contribution < 1.29 is 0 Å². The van der Waals surface area contributed by atoms with Crippen molar-refractivity contribution in [2.45, 2.75) is 9.79 Å². The number of nitrogen functional groups attached to an aromatic ring is 2. The van der Waals surface area contributed by atoms with Gasteiger partial charge < -0.3 is 11.5 Å². The van der Waals surface area contributed by atoms with E-state index in [9.17, 15) is 0 Å². The Morgan fingerprint density at radius 1 is 0.542 bits per heavy atom. The van der Waals surface area contributed by atoms with Crippen LogP contribution in [0, 0.1) is 0 Å². The number of benzene rings is 4. The van der Waals surface area contributed by atoms with Crippen molar-refractivity contribution in [1.82, 2.24) is 0 Å². The summed E-state index contributed by atoms with van der Waals surface area (Å²) in [6, 6.07) is 24.7. The van der Waals surface area contributed by atoms with Gasteiger partial charge in [-0.05, 0) is 45.8 Å². The third-order valence-electron chi connectivity index (χ3n) is 3.91. The van der Waals surface area contributed by atoms with E-state index in [1.807, 2.05) is 36.4 Å². The van der Waals surface area contributed by atoms with E-state index in [0.717, 1.165) is 22.1 Å². The molecule has 0 heterocycles. The largest absolute Gasteiger partial charge is 0.399 e. The Balaban J connectivity index is 1.74. The first-order valence-corrected chi connectivity index (χ1v) is 9.77. The number of fused-ring (bicyclic) bond motifs is 2. The first-order valence-electron chi connectivity index (χ1n) is 7.62. The highest BCUT2D eigenvalue weighted by molar-refractivity contribution is 8.76. The molecule has 0 spiro atoms. The molecular weight excluding hydrogens is 332 g/mol. The smallest absolute Gasteiger partial charge is 0.0331 e. The maximum absolute atomic E-state index is 6.07. The third-order valence-corrected chi connectivity index (χ3v) is 6.36. The van der Waals surface area contributed by atoms with Crippen molar-refractivity contribution >= 4 is 54.5 Å². The fraction of sp³-hybridized carbons (Fsp3) is 0. The average Bonchev–Trinajstić information content (AvgIpc) is 2.59. The van der Waals surface area contributed by atoms with E-state index >= 15 is 0 Å². The molecule has 0 unspecified atom stereocenters. The second-order valence-electron chi connectivity index (χ2n) is 5.65. The van der Waals surface area contributed by atoms with E-state index in [-0.39, 0.29) is 0 Å². The summed E-state index contributed by atoms with van der Waals surface area (Å²) in [5, 5.41) is 4.77. The summed E-state index contributed by atoms with van der Waals surface area (Å²) in [7, 11) is 3.44. The van der Waals surface area contributed by atoms with Crippen LogP contribution < -0.4 is 11.5 Å². The molecule has 0 atom stereocenters. The van der Waals surface area contributed by atoms with Crippen molar-refractivity contribution in [3.8, 4) is 0 Å². The maximum atomic E-state index is 6.07. The monoisotopic (exact) mass is 348 g/mol. The summed E-state index contributed by atoms with van der Waals surface area (Å²) in [6.07, 6.45) is 0. The predicted molar refractivity (Wildman–Crippen MR) is 108 cm³/mol. The molecule has 4 rings (SSSR count). The lowest BCUT2D eigenvalue weighted by Gasteiger charge is -2.10. The van der Waals surface area contributed by atoms with E-state index in [2.05, 4.69) is 36.4 Å². The van der Waals surface area contributed by atoms with Gasteiger partial charge in [-0.15, -0.1) is 0 Å². The van der Waals surface area contributed by atoms with Gasteiger partial charge in [-0.2, -0.15) is 0 Å². The Morgan fingerprint density at radius 2 is 0.958 bits per heavy atom. The first kappa shape index (κ1) is 15.2. The Labute approximate surface area is 148 Å². The number of hydrogen-bond donors (Lipinski definition) is 2. The van der Waals surface area contributed by atoms with E-state index in [0.29, 0.717) is 0 Å². The molecule has 0 saturated heterocycles. The molecule has 4 heteroatoms. The predicted octanol–water partition coefficient (Wildman–Crippen LogP) is 5.96. The van der Waals surface area contributed by atoms with Crippen LogP contribution in [0.5, 0.6) is 0 Å². The van der Waals surface area contributed by atoms with Crippen LogP contribution in [0.2, 0.25) is 0 Å². The second kappa shape index (κ2) is 6.30. The minimum Gasteiger partial charge on any atom is -0.399 e. The second-order valence-corrected chi connectivity index (χ2v) is 7.86. The molecule has 0 bridgehead atoms. The van der Waals surface area contributed by atoms with Crippen LogP contribution in [0.15, 0.2) is 82.6 Å². The van der Waals surface area contributed by atoms with E-state index in [1.165, 1.54) is 20.6 Å². The Hall–Kier alpha value is -2.30. The normalized spacial score (nSPS) is 11.2. The van der Waals surface area contributed by atoms with Gasteiger partial charge in [0.15, 0.2) is 0 Å². The highest BCUT2D eigenvalue weighted by Crippen LogP contribution is 2.44. The van der Waals surface area contributed by atoms with Gasteiger partial charge >= 0.3 is 0 Å². The van der Waals surface area contributed by atoms with Gasteiger partial charge in [0, 0.05) is 21.2 Å². The molecule has 4 aromatic rings. The van der Waals surface area contributed by atoms with Crippen molar-refractivity contribution in [3.05, 3.63) is 72.8 Å². The van der Waals surface area contributed by atoms with Crippen LogP contribution in [0.1, 0.15) is 0 Å². The zero-order valence-electron chi connectivity index (χ0n) is 12.9. The molecule has 118 valence electrons. The zero-order chi connectivity index (χ0) is 16.5. The summed E-state index contributed by atoms with van der Waals surface area (Å²) in [5.41, 5.74) is 13.7. The molecule has 0 saturated carbocycles. The lowest BCUT2D eigenvalue weighted by atomic mass is 10.1. The Kier molecular flexibility index (Phi) is 4.00. The van der Waals surface area contributed by atoms with Gasteiger partial charge in [0.2, 0.25) is 0 Å². The molecule has 24 heavy (non-hydrogen) atoms. The molecule has 0 radical (unpaired) electrons. The highest BCUT2D eigenvalue weighted by Gasteiger charge is 2.08. The summed E-state index contributed by atoms with van der Waals surface area (Å²) in [6.45, 7) is 0. The Bertz CT molecular complexity index is 959. The molecule has 0 fully saturated rings. The van der Waals surface area contributed by atoms with Crippen molar-refractivity contribution in [2.75, 3.05) is 11.5 Å². The van der Waals surface area contributed by atoms with E-state index in [1.54, 1.807) is 21.6 Å². The lowest BCUT2D eigenvalue weighted by Crippen LogP contribution is -1.87. The Morgan fingerprint density at radius 3 is 1.42 bits per heavy atom. The molecule has 2 nitrogen and oxygen atoms in total. The lowest BCUT2D eigenvalue weighted by molar-refractivity contribution is 1.54. The minimum atomic E-state index is 0.786. The molecule has 0 aromatic heterocycles. The van der Waals surface area contributed by atoms with Gasteiger partial charge in [0.1, 0.15) is 0 Å². The molecule has 0 aliphatic carbocycles. The van der Waals surface area contributed by atoms with Crippen molar-refractivity contribution in [1.29, 1.82) is 0 Å². The van der Waals surface area contributed by atoms with Crippen LogP contribution in [0.25, 0.3) is 21.5 Å². The quantitative estimate of drug-likeness (QED) is 0.354.